The number of aliphatic hydroxyl groups excluding tert-OH is 1. The van der Waals surface area contributed by atoms with Crippen molar-refractivity contribution in [1.29, 1.82) is 0 Å². The van der Waals surface area contributed by atoms with Crippen LogP contribution < -0.4 is 0 Å². The molecule has 2 aromatic carbocycles. The Bertz CT molecular complexity index is 1060. The van der Waals surface area contributed by atoms with Crippen LogP contribution in [0.2, 0.25) is 5.02 Å². The molecule has 0 fully saturated rings. The number of halogens is 1. The lowest BCUT2D eigenvalue weighted by Gasteiger charge is -2.06. The molecule has 4 rings (SSSR count). The molecule has 0 saturated heterocycles. The lowest BCUT2D eigenvalue weighted by molar-refractivity contribution is 0.288. The monoisotopic (exact) mass is 377 g/mol. The topological polar surface area (TPSA) is 50.4 Å². The van der Waals surface area contributed by atoms with Gasteiger partial charge in [-0.3, -0.25) is 0 Å². The van der Waals surface area contributed by atoms with Crippen LogP contribution >= 0.6 is 11.6 Å². The first-order valence-corrected chi connectivity index (χ1v) is 9.39. The first-order valence-electron chi connectivity index (χ1n) is 9.01. The molecule has 27 heavy (non-hydrogen) atoms. The van der Waals surface area contributed by atoms with Gasteiger partial charge in [0.25, 0.3) is 0 Å². The fraction of sp³-hybridized carbons (Fsp3) is 0.182. The van der Waals surface area contributed by atoms with Crippen LogP contribution in [0.5, 0.6) is 0 Å². The minimum absolute atomic E-state index is 0.217. The summed E-state index contributed by atoms with van der Waals surface area (Å²) in [6.07, 6.45) is 4.23. The number of hydrogen-bond donors (Lipinski definition) is 1. The van der Waals surface area contributed by atoms with E-state index in [-0.39, 0.29) is 6.61 Å². The summed E-state index contributed by atoms with van der Waals surface area (Å²) in [5, 5.41) is 14.5. The average molecular weight is 378 g/mol. The van der Waals surface area contributed by atoms with Gasteiger partial charge in [-0.2, -0.15) is 5.10 Å². The molecule has 136 valence electrons. The predicted octanol–water partition coefficient (Wildman–Crippen LogP) is 4.57. The van der Waals surface area contributed by atoms with Gasteiger partial charge in [0.05, 0.1) is 17.6 Å². The first kappa shape index (κ1) is 17.7. The normalized spacial score (nSPS) is 11.2. The predicted molar refractivity (Wildman–Crippen MR) is 108 cm³/mol. The lowest BCUT2D eigenvalue weighted by Crippen LogP contribution is -2.00. The summed E-state index contributed by atoms with van der Waals surface area (Å²) in [5.41, 5.74) is 6.17. The Balaban J connectivity index is 1.64. The van der Waals surface area contributed by atoms with Gasteiger partial charge in [-0.05, 0) is 48.2 Å². The summed E-state index contributed by atoms with van der Waals surface area (Å²) >= 11 is 6.09. The van der Waals surface area contributed by atoms with Crippen molar-refractivity contribution >= 4 is 17.2 Å². The van der Waals surface area contributed by atoms with E-state index in [1.807, 2.05) is 41.0 Å². The molecule has 0 aliphatic heterocycles. The number of aliphatic hydroxyl groups is 1. The minimum Gasteiger partial charge on any atom is -0.396 e. The molecule has 0 bridgehead atoms. The van der Waals surface area contributed by atoms with Gasteiger partial charge >= 0.3 is 0 Å². The number of aromatic nitrogens is 3. The summed E-state index contributed by atoms with van der Waals surface area (Å²) in [4.78, 5) is 4.48. The lowest BCUT2D eigenvalue weighted by atomic mass is 10.1. The minimum atomic E-state index is 0.217. The number of benzene rings is 2. The molecule has 0 unspecified atom stereocenters. The zero-order chi connectivity index (χ0) is 18.6. The first-order chi connectivity index (χ1) is 13.2. The summed E-state index contributed by atoms with van der Waals surface area (Å²) in [6, 6.07) is 20.2. The van der Waals surface area contributed by atoms with Crippen LogP contribution in [0.1, 0.15) is 23.2 Å². The van der Waals surface area contributed by atoms with E-state index in [1.165, 1.54) is 5.56 Å². The third-order valence-electron chi connectivity index (χ3n) is 4.57. The van der Waals surface area contributed by atoms with E-state index in [2.05, 4.69) is 35.3 Å². The second-order valence-corrected chi connectivity index (χ2v) is 7.01. The van der Waals surface area contributed by atoms with Crippen molar-refractivity contribution in [2.45, 2.75) is 19.3 Å². The SMILES string of the molecule is OCCCc1ccc(-c2cnc3ccc(Cc4cccc(Cl)c4)nn23)cc1. The molecule has 0 atom stereocenters. The van der Waals surface area contributed by atoms with E-state index in [1.54, 1.807) is 0 Å². The largest absolute Gasteiger partial charge is 0.396 e. The van der Waals surface area contributed by atoms with Gasteiger partial charge < -0.3 is 5.11 Å². The molecule has 0 aliphatic rings. The van der Waals surface area contributed by atoms with Crippen LogP contribution in [-0.4, -0.2) is 26.3 Å². The molecular formula is C22H20ClN3O. The van der Waals surface area contributed by atoms with Crippen LogP contribution in [0.3, 0.4) is 0 Å². The molecule has 4 nitrogen and oxygen atoms in total. The van der Waals surface area contributed by atoms with Gasteiger partial charge in [0.2, 0.25) is 0 Å². The van der Waals surface area contributed by atoms with Crippen molar-refractivity contribution in [1.82, 2.24) is 14.6 Å². The van der Waals surface area contributed by atoms with Crippen LogP contribution in [0.15, 0.2) is 66.9 Å². The maximum Gasteiger partial charge on any atom is 0.154 e. The standard InChI is InChI=1S/C22H20ClN3O/c23-19-5-1-3-17(13-19)14-20-10-11-22-24-15-21(26(22)25-20)18-8-6-16(7-9-18)4-2-12-27/h1,3,5-11,13,15,27H,2,4,12,14H2. The van der Waals surface area contributed by atoms with Gasteiger partial charge in [-0.1, -0.05) is 48.0 Å². The maximum absolute atomic E-state index is 8.97. The average Bonchev–Trinajstić information content (AvgIpc) is 3.10. The van der Waals surface area contributed by atoms with Crippen molar-refractivity contribution in [3.8, 4) is 11.3 Å². The van der Waals surface area contributed by atoms with Gasteiger partial charge in [-0.25, -0.2) is 9.50 Å². The van der Waals surface area contributed by atoms with E-state index in [0.29, 0.717) is 6.42 Å². The third-order valence-corrected chi connectivity index (χ3v) is 4.80. The molecular weight excluding hydrogens is 358 g/mol. The molecule has 2 heterocycles. The Morgan fingerprint density at radius 2 is 1.81 bits per heavy atom. The number of nitrogens with zero attached hydrogens (tertiary/aromatic N) is 3. The fourth-order valence-corrected chi connectivity index (χ4v) is 3.40. The molecule has 0 spiro atoms. The fourth-order valence-electron chi connectivity index (χ4n) is 3.18. The van der Waals surface area contributed by atoms with Gasteiger partial charge in [0.15, 0.2) is 5.65 Å². The van der Waals surface area contributed by atoms with Gasteiger partial charge in [0, 0.05) is 23.6 Å². The summed E-state index contributed by atoms with van der Waals surface area (Å²) in [7, 11) is 0. The van der Waals surface area contributed by atoms with E-state index >= 15 is 0 Å². The van der Waals surface area contributed by atoms with Crippen molar-refractivity contribution in [2.24, 2.45) is 0 Å². The third kappa shape index (κ3) is 4.02. The number of rotatable bonds is 6. The smallest absolute Gasteiger partial charge is 0.154 e. The molecule has 2 aromatic heterocycles. The van der Waals surface area contributed by atoms with E-state index < -0.39 is 0 Å². The van der Waals surface area contributed by atoms with Crippen molar-refractivity contribution in [3.63, 3.8) is 0 Å². The molecule has 0 saturated carbocycles. The molecule has 0 amide bonds. The van der Waals surface area contributed by atoms with Crippen LogP contribution in [0, 0.1) is 0 Å². The highest BCUT2D eigenvalue weighted by Crippen LogP contribution is 2.22. The Morgan fingerprint density at radius 3 is 2.59 bits per heavy atom. The quantitative estimate of drug-likeness (QED) is 0.535. The van der Waals surface area contributed by atoms with Gasteiger partial charge in [0.1, 0.15) is 0 Å². The Labute approximate surface area is 163 Å². The van der Waals surface area contributed by atoms with Crippen LogP contribution in [0.4, 0.5) is 0 Å². The Morgan fingerprint density at radius 1 is 0.963 bits per heavy atom. The van der Waals surface area contributed by atoms with Crippen molar-refractivity contribution in [3.05, 3.63) is 88.7 Å². The summed E-state index contributed by atoms with van der Waals surface area (Å²) in [5.74, 6) is 0. The van der Waals surface area contributed by atoms with E-state index in [9.17, 15) is 0 Å². The highest BCUT2D eigenvalue weighted by atomic mass is 35.5. The Kier molecular flexibility index (Phi) is 5.19. The number of fused-ring (bicyclic) bond motifs is 1. The number of hydrogen-bond acceptors (Lipinski definition) is 3. The van der Waals surface area contributed by atoms with Crippen LogP contribution in [0.25, 0.3) is 16.9 Å². The maximum atomic E-state index is 8.97. The van der Waals surface area contributed by atoms with Crippen molar-refractivity contribution in [2.75, 3.05) is 6.61 Å². The Hall–Kier alpha value is -2.69. The summed E-state index contributed by atoms with van der Waals surface area (Å²) in [6.45, 7) is 0.217. The second kappa shape index (κ2) is 7.91. The number of aryl methyl sites for hydroxylation is 1. The molecule has 1 N–H and O–H groups in total. The molecule has 4 aromatic rings. The van der Waals surface area contributed by atoms with Crippen LogP contribution in [-0.2, 0) is 12.8 Å². The highest BCUT2D eigenvalue weighted by molar-refractivity contribution is 6.30. The zero-order valence-corrected chi connectivity index (χ0v) is 15.6. The van der Waals surface area contributed by atoms with E-state index in [4.69, 9.17) is 21.8 Å². The number of imidazole rings is 1. The zero-order valence-electron chi connectivity index (χ0n) is 14.8. The summed E-state index contributed by atoms with van der Waals surface area (Å²) < 4.78 is 1.89. The molecule has 5 heteroatoms. The highest BCUT2D eigenvalue weighted by Gasteiger charge is 2.09. The van der Waals surface area contributed by atoms with E-state index in [0.717, 1.165) is 46.0 Å². The van der Waals surface area contributed by atoms with Crippen molar-refractivity contribution < 1.29 is 5.11 Å². The second-order valence-electron chi connectivity index (χ2n) is 6.57. The van der Waals surface area contributed by atoms with Gasteiger partial charge in [-0.15, -0.1) is 0 Å². The molecule has 0 radical (unpaired) electrons. The molecule has 0 aliphatic carbocycles.